The molecule has 2 heterocycles. The average Bonchev–Trinajstić information content (AvgIpc) is 3.60. The lowest BCUT2D eigenvalue weighted by Crippen LogP contribution is -2.33. The lowest BCUT2D eigenvalue weighted by Gasteiger charge is -2.29. The molecule has 3 aromatic rings. The number of aromatic nitrogens is 1. The lowest BCUT2D eigenvalue weighted by molar-refractivity contribution is -0.139. The highest BCUT2D eigenvalue weighted by atomic mass is 32.1. The molecule has 0 radical (unpaired) electrons. The van der Waals surface area contributed by atoms with Crippen LogP contribution in [0.1, 0.15) is 84.9 Å². The standard InChI is InChI=1S/C28H37F3N4OS.2C3H8/c1-5-14-33(3)15-13-19(2)34(4)23-7-6-8-24-22(23)16-25(35(24)18-28(29,30)31)26-12-11-21(37-26)17-32-27(36)20-9-10-20;2*1-3-2/h6-8,11-12,16,19-20H,5,9-10,13-15,17-18H2,1-4H3,(H,32,36);2*3H2,1-2H3. The first-order valence-electron chi connectivity index (χ1n) is 15.9. The lowest BCUT2D eigenvalue weighted by atomic mass is 10.1. The largest absolute Gasteiger partial charge is 0.406 e. The molecule has 4 rings (SSSR count). The Morgan fingerprint density at radius 3 is 2.28 bits per heavy atom. The van der Waals surface area contributed by atoms with Crippen molar-refractivity contribution in [2.24, 2.45) is 5.92 Å². The summed E-state index contributed by atoms with van der Waals surface area (Å²) in [5, 5.41) is 3.76. The fraction of sp³-hybridized carbons (Fsp3) is 0.618. The summed E-state index contributed by atoms with van der Waals surface area (Å²) in [7, 11) is 4.14. The quantitative estimate of drug-likeness (QED) is 0.219. The Hall–Kier alpha value is -2.52. The Morgan fingerprint density at radius 2 is 1.70 bits per heavy atom. The summed E-state index contributed by atoms with van der Waals surface area (Å²) in [6.45, 7) is 14.2. The van der Waals surface area contributed by atoms with Crippen LogP contribution in [-0.2, 0) is 17.9 Å². The molecule has 0 aliphatic heterocycles. The molecule has 242 valence electrons. The van der Waals surface area contributed by atoms with Crippen LogP contribution in [0.15, 0.2) is 36.4 Å². The monoisotopic (exact) mass is 622 g/mol. The van der Waals surface area contributed by atoms with E-state index in [9.17, 15) is 18.0 Å². The molecule has 1 N–H and O–H groups in total. The average molecular weight is 623 g/mol. The van der Waals surface area contributed by atoms with E-state index < -0.39 is 12.7 Å². The van der Waals surface area contributed by atoms with Gasteiger partial charge in [-0.2, -0.15) is 13.2 Å². The second-order valence-corrected chi connectivity index (χ2v) is 12.8. The number of rotatable bonds is 12. The number of thiophene rings is 1. The fourth-order valence-corrected chi connectivity index (χ4v) is 5.71. The molecule has 0 saturated heterocycles. The Kier molecular flexibility index (Phi) is 15.1. The number of fused-ring (bicyclic) bond motifs is 1. The Bertz CT molecular complexity index is 1250. The Balaban J connectivity index is 0.000000992. The summed E-state index contributed by atoms with van der Waals surface area (Å²) in [5.74, 6) is 0.183. The van der Waals surface area contributed by atoms with E-state index in [2.05, 4.69) is 63.7 Å². The maximum Gasteiger partial charge on any atom is 0.406 e. The van der Waals surface area contributed by atoms with Gasteiger partial charge in [0.05, 0.1) is 22.6 Å². The summed E-state index contributed by atoms with van der Waals surface area (Å²) in [5.41, 5.74) is 2.05. The molecular formula is C34H53F3N4OS. The number of amides is 1. The second-order valence-electron chi connectivity index (χ2n) is 11.7. The van der Waals surface area contributed by atoms with Gasteiger partial charge >= 0.3 is 6.18 Å². The molecule has 1 saturated carbocycles. The molecule has 1 unspecified atom stereocenters. The van der Waals surface area contributed by atoms with Crippen LogP contribution in [0, 0.1) is 5.92 Å². The van der Waals surface area contributed by atoms with Crippen LogP contribution in [0.5, 0.6) is 0 Å². The number of alkyl halides is 3. The highest BCUT2D eigenvalue weighted by molar-refractivity contribution is 7.15. The second kappa shape index (κ2) is 17.7. The van der Waals surface area contributed by atoms with Crippen LogP contribution in [0.3, 0.4) is 0 Å². The van der Waals surface area contributed by atoms with Crippen LogP contribution in [0.2, 0.25) is 0 Å². The van der Waals surface area contributed by atoms with Gasteiger partial charge in [0.2, 0.25) is 5.91 Å². The van der Waals surface area contributed by atoms with E-state index in [0.29, 0.717) is 17.8 Å². The third-order valence-corrected chi connectivity index (χ3v) is 8.24. The van der Waals surface area contributed by atoms with Gasteiger partial charge in [-0.05, 0) is 83.1 Å². The number of carbonyl (C=O) groups is 1. The number of benzene rings is 1. The van der Waals surface area contributed by atoms with E-state index in [4.69, 9.17) is 0 Å². The molecule has 1 amide bonds. The summed E-state index contributed by atoms with van der Waals surface area (Å²) in [6, 6.07) is 11.5. The van der Waals surface area contributed by atoms with Gasteiger partial charge in [-0.3, -0.25) is 4.79 Å². The molecular weight excluding hydrogens is 569 g/mol. The van der Waals surface area contributed by atoms with Crippen LogP contribution >= 0.6 is 11.3 Å². The van der Waals surface area contributed by atoms with Gasteiger partial charge in [0.15, 0.2) is 0 Å². The number of anilines is 1. The fourth-order valence-electron chi connectivity index (χ4n) is 4.74. The van der Waals surface area contributed by atoms with Crippen molar-refractivity contribution in [2.45, 2.75) is 105 Å². The zero-order chi connectivity index (χ0) is 32.2. The number of hydrogen-bond acceptors (Lipinski definition) is 4. The number of halogens is 3. The summed E-state index contributed by atoms with van der Waals surface area (Å²) in [6.07, 6.45) is 2.08. The van der Waals surface area contributed by atoms with Crippen molar-refractivity contribution in [3.8, 4) is 10.6 Å². The van der Waals surface area contributed by atoms with E-state index >= 15 is 0 Å². The SMILES string of the molecule is CCC.CCC.CCCN(C)CCC(C)N(C)c1cccc2c1cc(-c1ccc(CNC(=O)C3CC3)s1)n2CC(F)(F)F. The van der Waals surface area contributed by atoms with Crippen molar-refractivity contribution in [3.63, 3.8) is 0 Å². The molecule has 43 heavy (non-hydrogen) atoms. The zero-order valence-electron chi connectivity index (χ0n) is 27.5. The normalized spacial score (nSPS) is 13.7. The van der Waals surface area contributed by atoms with Gasteiger partial charge in [0, 0.05) is 35.0 Å². The van der Waals surface area contributed by atoms with Gasteiger partial charge in [0.1, 0.15) is 6.54 Å². The minimum absolute atomic E-state index is 0.0591. The maximum absolute atomic E-state index is 13.7. The molecule has 1 atom stereocenters. The first-order valence-corrected chi connectivity index (χ1v) is 16.7. The van der Waals surface area contributed by atoms with Crippen LogP contribution in [-0.4, -0.2) is 54.8 Å². The molecule has 1 aliphatic carbocycles. The van der Waals surface area contributed by atoms with Crippen molar-refractivity contribution >= 4 is 33.8 Å². The highest BCUT2D eigenvalue weighted by Crippen LogP contribution is 2.39. The molecule has 0 spiro atoms. The Morgan fingerprint density at radius 1 is 1.05 bits per heavy atom. The van der Waals surface area contributed by atoms with Gasteiger partial charge in [-0.1, -0.05) is 53.5 Å². The molecule has 9 heteroatoms. The van der Waals surface area contributed by atoms with Gasteiger partial charge in [-0.15, -0.1) is 11.3 Å². The van der Waals surface area contributed by atoms with Crippen molar-refractivity contribution in [2.75, 3.05) is 32.1 Å². The predicted molar refractivity (Wildman–Crippen MR) is 178 cm³/mol. The van der Waals surface area contributed by atoms with Crippen LogP contribution in [0.25, 0.3) is 21.5 Å². The third kappa shape index (κ3) is 11.5. The van der Waals surface area contributed by atoms with Crippen LogP contribution < -0.4 is 10.2 Å². The van der Waals surface area contributed by atoms with Crippen molar-refractivity contribution in [3.05, 3.63) is 41.3 Å². The van der Waals surface area contributed by atoms with Gasteiger partial charge in [0.25, 0.3) is 0 Å². The van der Waals surface area contributed by atoms with Gasteiger partial charge in [-0.25, -0.2) is 0 Å². The Labute approximate surface area is 261 Å². The number of hydrogen-bond donors (Lipinski definition) is 1. The minimum atomic E-state index is -4.35. The van der Waals surface area contributed by atoms with E-state index in [1.165, 1.54) is 28.7 Å². The predicted octanol–water partition coefficient (Wildman–Crippen LogP) is 9.35. The van der Waals surface area contributed by atoms with Gasteiger partial charge < -0.3 is 19.7 Å². The molecule has 1 fully saturated rings. The number of nitrogens with one attached hydrogen (secondary N) is 1. The third-order valence-electron chi connectivity index (χ3n) is 7.13. The maximum atomic E-state index is 13.7. The van der Waals surface area contributed by atoms with E-state index in [0.717, 1.165) is 59.6 Å². The highest BCUT2D eigenvalue weighted by Gasteiger charge is 2.31. The molecule has 1 aromatic carbocycles. The van der Waals surface area contributed by atoms with E-state index in [-0.39, 0.29) is 17.9 Å². The minimum Gasteiger partial charge on any atom is -0.371 e. The van der Waals surface area contributed by atoms with Crippen LogP contribution in [0.4, 0.5) is 18.9 Å². The number of carbonyl (C=O) groups excluding carboxylic acids is 1. The smallest absolute Gasteiger partial charge is 0.371 e. The molecule has 2 aromatic heterocycles. The first kappa shape index (κ1) is 36.7. The molecule has 0 bridgehead atoms. The zero-order valence-corrected chi connectivity index (χ0v) is 28.3. The van der Waals surface area contributed by atoms with Crippen molar-refractivity contribution in [1.82, 2.24) is 14.8 Å². The molecule has 1 aliphatic rings. The topological polar surface area (TPSA) is 40.5 Å². The molecule has 5 nitrogen and oxygen atoms in total. The van der Waals surface area contributed by atoms with Crippen molar-refractivity contribution < 1.29 is 18.0 Å². The summed E-state index contributed by atoms with van der Waals surface area (Å²) in [4.78, 5) is 18.2. The summed E-state index contributed by atoms with van der Waals surface area (Å²) < 4.78 is 42.4. The van der Waals surface area contributed by atoms with E-state index in [1.807, 2.05) is 37.4 Å². The van der Waals surface area contributed by atoms with E-state index in [1.54, 1.807) is 6.07 Å². The summed E-state index contributed by atoms with van der Waals surface area (Å²) >= 11 is 1.43. The number of nitrogens with zero attached hydrogens (tertiary/aromatic N) is 3. The van der Waals surface area contributed by atoms with Crippen molar-refractivity contribution in [1.29, 1.82) is 0 Å². The first-order chi connectivity index (χ1) is 20.4.